The fourth-order valence-corrected chi connectivity index (χ4v) is 5.86. The number of fused-ring (bicyclic) bond motifs is 1. The van der Waals surface area contributed by atoms with Gasteiger partial charge in [0.1, 0.15) is 0 Å². The van der Waals surface area contributed by atoms with Crippen LogP contribution in [0.15, 0.2) is 24.4 Å². The fourth-order valence-electron chi connectivity index (χ4n) is 5.86. The molecule has 0 N–H and O–H groups in total. The zero-order valence-electron chi connectivity index (χ0n) is 16.6. The molecule has 2 bridgehead atoms. The zero-order valence-corrected chi connectivity index (χ0v) is 16.6. The Hall–Kier alpha value is -1.95. The van der Waals surface area contributed by atoms with Crippen molar-refractivity contribution in [2.24, 2.45) is 5.41 Å². The normalized spacial score (nSPS) is 32.1. The molecule has 3 heterocycles. The summed E-state index contributed by atoms with van der Waals surface area (Å²) >= 11 is 0. The molecule has 27 heavy (non-hydrogen) atoms. The number of rotatable bonds is 4. The average molecular weight is 370 g/mol. The van der Waals surface area contributed by atoms with Crippen molar-refractivity contribution in [3.63, 3.8) is 0 Å². The van der Waals surface area contributed by atoms with Gasteiger partial charge in [0.25, 0.3) is 0 Å². The number of nitrogens with zero attached hydrogens (tertiary/aromatic N) is 4. The monoisotopic (exact) mass is 370 g/mol. The Bertz CT molecular complexity index is 724. The Morgan fingerprint density at radius 3 is 2.78 bits per heavy atom. The van der Waals surface area contributed by atoms with E-state index in [-0.39, 0.29) is 35.4 Å². The minimum atomic E-state index is 0.0437. The van der Waals surface area contributed by atoms with Crippen molar-refractivity contribution < 1.29 is 9.59 Å². The second-order valence-corrected chi connectivity index (χ2v) is 8.79. The van der Waals surface area contributed by atoms with Gasteiger partial charge in [-0.2, -0.15) is 0 Å². The molecule has 0 aromatic carbocycles. The van der Waals surface area contributed by atoms with Crippen molar-refractivity contribution >= 4 is 11.8 Å². The maximum absolute atomic E-state index is 13.3. The van der Waals surface area contributed by atoms with E-state index in [1.807, 2.05) is 35.0 Å². The molecule has 4 atom stereocenters. The molecule has 1 aliphatic carbocycles. The molecule has 0 unspecified atom stereocenters. The van der Waals surface area contributed by atoms with E-state index in [1.54, 1.807) is 13.1 Å². The molecule has 1 aromatic rings. The maximum Gasteiger partial charge on any atom is 0.237 e. The molecule has 6 heteroatoms. The number of hydrogen-bond donors (Lipinski definition) is 0. The van der Waals surface area contributed by atoms with E-state index in [4.69, 9.17) is 0 Å². The molecule has 2 amide bonds. The van der Waals surface area contributed by atoms with Crippen LogP contribution in [-0.2, 0) is 16.1 Å². The molecule has 3 fully saturated rings. The average Bonchev–Trinajstić information content (AvgIpc) is 2.91. The Balaban J connectivity index is 1.50. The van der Waals surface area contributed by atoms with Crippen LogP contribution >= 0.6 is 0 Å². The molecule has 0 spiro atoms. The van der Waals surface area contributed by atoms with Gasteiger partial charge in [-0.15, -0.1) is 0 Å². The highest BCUT2D eigenvalue weighted by atomic mass is 16.2. The highest BCUT2D eigenvalue weighted by Crippen LogP contribution is 2.54. The standard InChI is InChI=1S/C21H30N4O2/c1-15(26)24-13-17-11-21(2)18(24)8-6-9-19(21)25(17)20(27)14-23(3)12-16-7-4-5-10-22-16/h4-5,7,10,17-19H,6,8-9,11-14H2,1-3H3/t17-,18+,19-,21+/m0/s1. The number of carbonyl (C=O) groups is 2. The molecule has 2 saturated heterocycles. The van der Waals surface area contributed by atoms with Gasteiger partial charge in [0.2, 0.25) is 11.8 Å². The van der Waals surface area contributed by atoms with Crippen LogP contribution < -0.4 is 0 Å². The fraction of sp³-hybridized carbons (Fsp3) is 0.667. The van der Waals surface area contributed by atoms with Crippen LogP contribution in [0.5, 0.6) is 0 Å². The van der Waals surface area contributed by atoms with Crippen molar-refractivity contribution in [3.05, 3.63) is 30.1 Å². The third kappa shape index (κ3) is 3.14. The number of aromatic nitrogens is 1. The summed E-state index contributed by atoms with van der Waals surface area (Å²) < 4.78 is 0. The van der Waals surface area contributed by atoms with Gasteiger partial charge < -0.3 is 9.80 Å². The Morgan fingerprint density at radius 1 is 1.30 bits per heavy atom. The van der Waals surface area contributed by atoms with Gasteiger partial charge in [-0.25, -0.2) is 0 Å². The van der Waals surface area contributed by atoms with Gasteiger partial charge >= 0.3 is 0 Å². The molecule has 4 rings (SSSR count). The van der Waals surface area contributed by atoms with Crippen molar-refractivity contribution in [3.8, 4) is 0 Å². The van der Waals surface area contributed by atoms with E-state index < -0.39 is 0 Å². The molecule has 0 radical (unpaired) electrons. The minimum Gasteiger partial charge on any atom is -0.337 e. The second-order valence-electron chi connectivity index (χ2n) is 8.79. The Labute approximate surface area is 161 Å². The van der Waals surface area contributed by atoms with Crippen LogP contribution in [0.25, 0.3) is 0 Å². The first kappa shape index (κ1) is 18.4. The summed E-state index contributed by atoms with van der Waals surface area (Å²) in [6, 6.07) is 6.58. The largest absolute Gasteiger partial charge is 0.337 e. The van der Waals surface area contributed by atoms with E-state index in [2.05, 4.69) is 16.8 Å². The molecular weight excluding hydrogens is 340 g/mol. The lowest BCUT2D eigenvalue weighted by atomic mass is 9.66. The molecular formula is C21H30N4O2. The van der Waals surface area contributed by atoms with Crippen LogP contribution in [0.4, 0.5) is 0 Å². The highest BCUT2D eigenvalue weighted by Gasteiger charge is 2.61. The molecule has 6 nitrogen and oxygen atoms in total. The van der Waals surface area contributed by atoms with E-state index in [0.717, 1.165) is 31.4 Å². The summed E-state index contributed by atoms with van der Waals surface area (Å²) in [5.41, 5.74) is 1.02. The van der Waals surface area contributed by atoms with Crippen LogP contribution in [0.3, 0.4) is 0 Å². The zero-order chi connectivity index (χ0) is 19.2. The van der Waals surface area contributed by atoms with Crippen molar-refractivity contribution in [2.45, 2.75) is 64.2 Å². The highest BCUT2D eigenvalue weighted by molar-refractivity contribution is 5.80. The summed E-state index contributed by atoms with van der Waals surface area (Å²) in [7, 11) is 1.97. The molecule has 1 aromatic heterocycles. The van der Waals surface area contributed by atoms with E-state index >= 15 is 0 Å². The minimum absolute atomic E-state index is 0.0437. The number of hydrogen-bond acceptors (Lipinski definition) is 4. The number of amides is 2. The Morgan fingerprint density at radius 2 is 2.07 bits per heavy atom. The predicted octanol–water partition coefficient (Wildman–Crippen LogP) is 1.90. The Kier molecular flexibility index (Phi) is 4.70. The molecule has 146 valence electrons. The molecule has 1 saturated carbocycles. The van der Waals surface area contributed by atoms with Crippen LogP contribution in [0.2, 0.25) is 0 Å². The smallest absolute Gasteiger partial charge is 0.237 e. The number of likely N-dealkylation sites (tertiary alicyclic amines) is 2. The predicted molar refractivity (Wildman–Crippen MR) is 103 cm³/mol. The maximum atomic E-state index is 13.3. The van der Waals surface area contributed by atoms with E-state index in [0.29, 0.717) is 19.6 Å². The van der Waals surface area contributed by atoms with Gasteiger partial charge in [-0.05, 0) is 44.9 Å². The first-order chi connectivity index (χ1) is 12.9. The number of piperidine rings is 1. The lowest BCUT2D eigenvalue weighted by molar-refractivity contribution is -0.138. The van der Waals surface area contributed by atoms with Gasteiger partial charge in [-0.3, -0.25) is 19.5 Å². The summed E-state index contributed by atoms with van der Waals surface area (Å²) in [4.78, 5) is 36.1. The van der Waals surface area contributed by atoms with Crippen molar-refractivity contribution in [1.82, 2.24) is 19.7 Å². The van der Waals surface area contributed by atoms with Crippen LogP contribution in [0, 0.1) is 5.41 Å². The summed E-state index contributed by atoms with van der Waals surface area (Å²) in [5.74, 6) is 0.344. The number of likely N-dealkylation sites (N-methyl/N-ethyl adjacent to an activating group) is 1. The van der Waals surface area contributed by atoms with Gasteiger partial charge in [-0.1, -0.05) is 13.0 Å². The summed E-state index contributed by atoms with van der Waals surface area (Å²) in [5, 5.41) is 0. The lowest BCUT2D eigenvalue weighted by Gasteiger charge is -2.49. The van der Waals surface area contributed by atoms with Crippen molar-refractivity contribution in [2.75, 3.05) is 20.1 Å². The summed E-state index contributed by atoms with van der Waals surface area (Å²) in [6.07, 6.45) is 6.04. The second kappa shape index (κ2) is 6.89. The van der Waals surface area contributed by atoms with Gasteiger partial charge in [0.15, 0.2) is 0 Å². The third-order valence-electron chi connectivity index (χ3n) is 6.92. The molecule has 2 aliphatic heterocycles. The number of carbonyl (C=O) groups excluding carboxylic acids is 2. The quantitative estimate of drug-likeness (QED) is 0.812. The summed E-state index contributed by atoms with van der Waals surface area (Å²) in [6.45, 7) is 5.72. The number of pyridine rings is 1. The first-order valence-corrected chi connectivity index (χ1v) is 10.1. The van der Waals surface area contributed by atoms with Crippen molar-refractivity contribution in [1.29, 1.82) is 0 Å². The van der Waals surface area contributed by atoms with Crippen LogP contribution in [0.1, 0.15) is 45.2 Å². The van der Waals surface area contributed by atoms with E-state index in [9.17, 15) is 9.59 Å². The van der Waals surface area contributed by atoms with Gasteiger partial charge in [0, 0.05) is 43.7 Å². The SMILES string of the molecule is CC(=O)N1C[C@@H]2C[C@@]3(C)[C@H](CCC[C@@H]13)N2C(=O)CN(C)Cc1ccccn1. The lowest BCUT2D eigenvalue weighted by Crippen LogP contribution is -2.57. The van der Waals surface area contributed by atoms with Crippen LogP contribution in [-0.4, -0.2) is 69.8 Å². The topological polar surface area (TPSA) is 56.8 Å². The first-order valence-electron chi connectivity index (χ1n) is 10.1. The third-order valence-corrected chi connectivity index (χ3v) is 6.92. The molecule has 3 aliphatic rings. The van der Waals surface area contributed by atoms with Gasteiger partial charge in [0.05, 0.1) is 18.3 Å². The van der Waals surface area contributed by atoms with E-state index in [1.165, 1.54) is 0 Å².